The van der Waals surface area contributed by atoms with Crippen molar-refractivity contribution in [2.45, 2.75) is 59.5 Å². The highest BCUT2D eigenvalue weighted by Crippen LogP contribution is 2.28. The minimum Gasteiger partial charge on any atom is -0.329 e. The minimum atomic E-state index is 0.321. The summed E-state index contributed by atoms with van der Waals surface area (Å²) in [4.78, 5) is 2.44. The lowest BCUT2D eigenvalue weighted by Crippen LogP contribution is -2.37. The SMILES string of the molecule is CCCC(C)N(C)C(CN)c1c(C)cc(C)cc1C. The highest BCUT2D eigenvalue weighted by atomic mass is 15.2. The summed E-state index contributed by atoms with van der Waals surface area (Å²) in [6.45, 7) is 11.8. The van der Waals surface area contributed by atoms with Gasteiger partial charge in [-0.1, -0.05) is 31.0 Å². The minimum absolute atomic E-state index is 0.321. The number of benzene rings is 1. The van der Waals surface area contributed by atoms with Crippen molar-refractivity contribution in [3.05, 3.63) is 34.4 Å². The lowest BCUT2D eigenvalue weighted by molar-refractivity contribution is 0.179. The molecule has 0 radical (unpaired) electrons. The van der Waals surface area contributed by atoms with Crippen LogP contribution in [-0.2, 0) is 0 Å². The molecule has 0 amide bonds. The molecule has 2 nitrogen and oxygen atoms in total. The van der Waals surface area contributed by atoms with Gasteiger partial charge in [-0.15, -0.1) is 0 Å². The molecule has 0 saturated carbocycles. The van der Waals surface area contributed by atoms with Crippen LogP contribution in [-0.4, -0.2) is 24.5 Å². The number of hydrogen-bond donors (Lipinski definition) is 1. The third-order valence-corrected chi connectivity index (χ3v) is 4.19. The van der Waals surface area contributed by atoms with E-state index < -0.39 is 0 Å². The number of aryl methyl sites for hydroxylation is 3. The third kappa shape index (κ3) is 3.80. The molecule has 2 N–H and O–H groups in total. The number of likely N-dealkylation sites (N-methyl/N-ethyl adjacent to an activating group) is 1. The molecule has 1 aromatic carbocycles. The van der Waals surface area contributed by atoms with Gasteiger partial charge in [0.15, 0.2) is 0 Å². The van der Waals surface area contributed by atoms with Crippen LogP contribution < -0.4 is 5.73 Å². The van der Waals surface area contributed by atoms with Crippen molar-refractivity contribution < 1.29 is 0 Å². The van der Waals surface area contributed by atoms with Gasteiger partial charge in [-0.2, -0.15) is 0 Å². The van der Waals surface area contributed by atoms with Gasteiger partial charge in [-0.05, 0) is 57.9 Å². The van der Waals surface area contributed by atoms with Crippen molar-refractivity contribution in [2.75, 3.05) is 13.6 Å². The molecule has 2 unspecified atom stereocenters. The molecule has 1 rings (SSSR count). The summed E-state index contributed by atoms with van der Waals surface area (Å²) in [7, 11) is 2.20. The molecule has 0 saturated heterocycles. The number of nitrogens with two attached hydrogens (primary N) is 1. The predicted octanol–water partition coefficient (Wildman–Crippen LogP) is 3.73. The van der Waals surface area contributed by atoms with E-state index in [0.717, 1.165) is 0 Å². The lowest BCUT2D eigenvalue weighted by atomic mass is 9.92. The Balaban J connectivity index is 3.10. The Hall–Kier alpha value is -0.860. The van der Waals surface area contributed by atoms with E-state index in [4.69, 9.17) is 5.73 Å². The van der Waals surface area contributed by atoms with E-state index in [1.54, 1.807) is 0 Å². The summed E-state index contributed by atoms with van der Waals surface area (Å²) in [6.07, 6.45) is 2.44. The maximum absolute atomic E-state index is 6.07. The zero-order valence-electron chi connectivity index (χ0n) is 13.5. The van der Waals surface area contributed by atoms with Gasteiger partial charge in [0, 0.05) is 18.6 Å². The number of nitrogens with zero attached hydrogens (tertiary/aromatic N) is 1. The van der Waals surface area contributed by atoms with Gasteiger partial charge >= 0.3 is 0 Å². The van der Waals surface area contributed by atoms with Gasteiger partial charge < -0.3 is 5.73 Å². The van der Waals surface area contributed by atoms with Crippen LogP contribution in [0.5, 0.6) is 0 Å². The first-order valence-electron chi connectivity index (χ1n) is 7.42. The van der Waals surface area contributed by atoms with E-state index in [9.17, 15) is 0 Å². The molecule has 2 atom stereocenters. The molecule has 0 fully saturated rings. The second-order valence-corrected chi connectivity index (χ2v) is 5.87. The molecule has 0 aliphatic heterocycles. The van der Waals surface area contributed by atoms with E-state index in [1.807, 2.05) is 0 Å². The van der Waals surface area contributed by atoms with Gasteiger partial charge in [0.25, 0.3) is 0 Å². The first kappa shape index (κ1) is 16.2. The van der Waals surface area contributed by atoms with Crippen LogP contribution in [0.3, 0.4) is 0 Å². The van der Waals surface area contributed by atoms with Crippen molar-refractivity contribution in [2.24, 2.45) is 5.73 Å². The topological polar surface area (TPSA) is 29.3 Å². The van der Waals surface area contributed by atoms with Gasteiger partial charge in [0.05, 0.1) is 0 Å². The summed E-state index contributed by atoms with van der Waals surface area (Å²) < 4.78 is 0. The van der Waals surface area contributed by atoms with Crippen molar-refractivity contribution >= 4 is 0 Å². The fourth-order valence-corrected chi connectivity index (χ4v) is 3.13. The number of hydrogen-bond acceptors (Lipinski definition) is 2. The molecule has 0 aliphatic rings. The molecule has 0 bridgehead atoms. The lowest BCUT2D eigenvalue weighted by Gasteiger charge is -2.34. The average Bonchev–Trinajstić information content (AvgIpc) is 2.33. The van der Waals surface area contributed by atoms with Crippen LogP contribution in [0.15, 0.2) is 12.1 Å². The Labute approximate surface area is 119 Å². The maximum atomic E-state index is 6.07. The van der Waals surface area contributed by atoms with E-state index in [2.05, 4.69) is 58.7 Å². The Bertz CT molecular complexity index is 389. The molecular formula is C17H30N2. The monoisotopic (exact) mass is 262 g/mol. The van der Waals surface area contributed by atoms with Gasteiger partial charge in [0.1, 0.15) is 0 Å². The molecule has 19 heavy (non-hydrogen) atoms. The second kappa shape index (κ2) is 7.06. The van der Waals surface area contributed by atoms with Crippen molar-refractivity contribution in [3.63, 3.8) is 0 Å². The van der Waals surface area contributed by atoms with Crippen molar-refractivity contribution in [3.8, 4) is 0 Å². The normalized spacial score (nSPS) is 14.7. The quantitative estimate of drug-likeness (QED) is 0.846. The Morgan fingerprint density at radius 1 is 1.16 bits per heavy atom. The highest BCUT2D eigenvalue weighted by molar-refractivity contribution is 5.40. The molecular weight excluding hydrogens is 232 g/mol. The van der Waals surface area contributed by atoms with E-state index in [-0.39, 0.29) is 0 Å². The summed E-state index contributed by atoms with van der Waals surface area (Å²) in [5, 5.41) is 0. The van der Waals surface area contributed by atoms with Crippen molar-refractivity contribution in [1.29, 1.82) is 0 Å². The number of rotatable bonds is 6. The van der Waals surface area contributed by atoms with Gasteiger partial charge in [-0.25, -0.2) is 0 Å². The highest BCUT2D eigenvalue weighted by Gasteiger charge is 2.22. The van der Waals surface area contributed by atoms with E-state index in [1.165, 1.54) is 35.1 Å². The van der Waals surface area contributed by atoms with Gasteiger partial charge in [0.2, 0.25) is 0 Å². The fourth-order valence-electron chi connectivity index (χ4n) is 3.13. The van der Waals surface area contributed by atoms with Crippen LogP contribution in [0.4, 0.5) is 0 Å². The smallest absolute Gasteiger partial charge is 0.0475 e. The van der Waals surface area contributed by atoms with Crippen LogP contribution in [0, 0.1) is 20.8 Å². The molecule has 0 heterocycles. The Kier molecular flexibility index (Phi) is 6.02. The average molecular weight is 262 g/mol. The first-order valence-corrected chi connectivity index (χ1v) is 7.42. The molecule has 1 aromatic rings. The fraction of sp³-hybridized carbons (Fsp3) is 0.647. The zero-order chi connectivity index (χ0) is 14.6. The second-order valence-electron chi connectivity index (χ2n) is 5.87. The maximum Gasteiger partial charge on any atom is 0.0475 e. The molecule has 0 aromatic heterocycles. The largest absolute Gasteiger partial charge is 0.329 e. The summed E-state index contributed by atoms with van der Waals surface area (Å²) in [6, 6.07) is 5.42. The Morgan fingerprint density at radius 2 is 1.68 bits per heavy atom. The molecule has 2 heteroatoms. The van der Waals surface area contributed by atoms with E-state index >= 15 is 0 Å². The first-order chi connectivity index (χ1) is 8.92. The summed E-state index contributed by atoms with van der Waals surface area (Å²) >= 11 is 0. The van der Waals surface area contributed by atoms with Crippen LogP contribution in [0.25, 0.3) is 0 Å². The van der Waals surface area contributed by atoms with Crippen LogP contribution >= 0.6 is 0 Å². The van der Waals surface area contributed by atoms with E-state index in [0.29, 0.717) is 18.6 Å². The molecule has 108 valence electrons. The third-order valence-electron chi connectivity index (χ3n) is 4.19. The zero-order valence-corrected chi connectivity index (χ0v) is 13.5. The molecule has 0 spiro atoms. The summed E-state index contributed by atoms with van der Waals surface area (Å²) in [5.41, 5.74) is 11.6. The standard InChI is InChI=1S/C17H30N2/c1-7-8-15(5)19(6)16(11-18)17-13(3)9-12(2)10-14(17)4/h9-10,15-16H,7-8,11,18H2,1-6H3. The van der Waals surface area contributed by atoms with Crippen LogP contribution in [0.1, 0.15) is 55.0 Å². The predicted molar refractivity (Wildman–Crippen MR) is 84.6 cm³/mol. The van der Waals surface area contributed by atoms with Gasteiger partial charge in [-0.3, -0.25) is 4.90 Å². The Morgan fingerprint density at radius 3 is 2.11 bits per heavy atom. The molecule has 0 aliphatic carbocycles. The summed E-state index contributed by atoms with van der Waals surface area (Å²) in [5.74, 6) is 0. The van der Waals surface area contributed by atoms with Crippen LogP contribution in [0.2, 0.25) is 0 Å². The van der Waals surface area contributed by atoms with Crippen molar-refractivity contribution in [1.82, 2.24) is 4.90 Å².